The number of pyridine rings is 2. The van der Waals surface area contributed by atoms with Gasteiger partial charge in [0.15, 0.2) is 5.82 Å². The van der Waals surface area contributed by atoms with Gasteiger partial charge in [0.1, 0.15) is 11.6 Å². The molecule has 0 spiro atoms. The minimum atomic E-state index is -0.0249. The molecule has 8 heteroatoms. The molecule has 1 saturated heterocycles. The summed E-state index contributed by atoms with van der Waals surface area (Å²) in [6.07, 6.45) is 5.03. The lowest BCUT2D eigenvalue weighted by Crippen LogP contribution is -2.49. The molecular weight excluding hydrogens is 344 g/mol. The van der Waals surface area contributed by atoms with Crippen LogP contribution >= 0.6 is 0 Å². The van der Waals surface area contributed by atoms with Crippen LogP contribution in [0.2, 0.25) is 0 Å². The molecule has 138 valence electrons. The van der Waals surface area contributed by atoms with E-state index in [0.717, 1.165) is 18.9 Å². The first-order valence-corrected chi connectivity index (χ1v) is 8.80. The van der Waals surface area contributed by atoms with Gasteiger partial charge in [-0.05, 0) is 25.1 Å². The van der Waals surface area contributed by atoms with Crippen molar-refractivity contribution in [3.63, 3.8) is 0 Å². The van der Waals surface area contributed by atoms with Gasteiger partial charge in [0.05, 0.1) is 17.4 Å². The largest absolute Gasteiger partial charge is 0.360 e. The zero-order chi connectivity index (χ0) is 18.6. The third-order valence-corrected chi connectivity index (χ3v) is 4.43. The summed E-state index contributed by atoms with van der Waals surface area (Å²) >= 11 is 0. The van der Waals surface area contributed by atoms with Gasteiger partial charge in [0.25, 0.3) is 5.91 Å². The van der Waals surface area contributed by atoms with Crippen LogP contribution in [0.15, 0.2) is 53.4 Å². The summed E-state index contributed by atoms with van der Waals surface area (Å²) in [7, 11) is 0. The van der Waals surface area contributed by atoms with Gasteiger partial charge in [-0.1, -0.05) is 11.2 Å². The van der Waals surface area contributed by atoms with Crippen molar-refractivity contribution in [1.82, 2.24) is 20.0 Å². The molecular formula is C19H20N6O2. The zero-order valence-electron chi connectivity index (χ0n) is 15.0. The molecule has 4 heterocycles. The van der Waals surface area contributed by atoms with Gasteiger partial charge in [-0.15, -0.1) is 0 Å². The van der Waals surface area contributed by atoms with Gasteiger partial charge >= 0.3 is 0 Å². The number of amides is 1. The van der Waals surface area contributed by atoms with E-state index in [1.54, 1.807) is 30.7 Å². The maximum Gasteiger partial charge on any atom is 0.255 e. The third kappa shape index (κ3) is 3.89. The highest BCUT2D eigenvalue weighted by atomic mass is 16.5. The summed E-state index contributed by atoms with van der Waals surface area (Å²) in [6, 6.07) is 9.43. The molecule has 0 saturated carbocycles. The van der Waals surface area contributed by atoms with Crippen molar-refractivity contribution in [2.45, 2.75) is 6.92 Å². The maximum absolute atomic E-state index is 12.8. The highest BCUT2D eigenvalue weighted by Crippen LogP contribution is 2.18. The molecule has 3 aromatic rings. The highest BCUT2D eigenvalue weighted by Gasteiger charge is 2.23. The number of aromatic nitrogens is 3. The SMILES string of the molecule is Cc1cc(Nc2cncc(C(=O)N3CCN(c4ccccn4)CC3)c2)no1. The number of nitrogens with zero attached hydrogens (tertiary/aromatic N) is 5. The molecule has 0 aromatic carbocycles. The van der Waals surface area contributed by atoms with Crippen LogP contribution in [-0.2, 0) is 0 Å². The van der Waals surface area contributed by atoms with E-state index in [4.69, 9.17) is 4.52 Å². The fourth-order valence-electron chi connectivity index (χ4n) is 3.06. The van der Waals surface area contributed by atoms with Gasteiger partial charge in [0, 0.05) is 44.6 Å². The first-order chi connectivity index (χ1) is 13.2. The summed E-state index contributed by atoms with van der Waals surface area (Å²) in [4.78, 5) is 25.4. The van der Waals surface area contributed by atoms with Gasteiger partial charge in [0.2, 0.25) is 0 Å². The smallest absolute Gasteiger partial charge is 0.255 e. The average molecular weight is 364 g/mol. The molecule has 0 radical (unpaired) electrons. The molecule has 0 aliphatic carbocycles. The lowest BCUT2D eigenvalue weighted by molar-refractivity contribution is 0.0746. The fourth-order valence-corrected chi connectivity index (χ4v) is 3.06. The predicted molar refractivity (Wildman–Crippen MR) is 101 cm³/mol. The predicted octanol–water partition coefficient (Wildman–Crippen LogP) is 2.48. The van der Waals surface area contributed by atoms with Crippen molar-refractivity contribution in [3.05, 3.63) is 60.2 Å². The first-order valence-electron chi connectivity index (χ1n) is 8.80. The Morgan fingerprint density at radius 1 is 1.15 bits per heavy atom. The third-order valence-electron chi connectivity index (χ3n) is 4.43. The number of piperazine rings is 1. The van der Waals surface area contributed by atoms with Gasteiger partial charge in [-0.2, -0.15) is 0 Å². The second kappa shape index (κ2) is 7.45. The van der Waals surface area contributed by atoms with Crippen molar-refractivity contribution in [2.24, 2.45) is 0 Å². The lowest BCUT2D eigenvalue weighted by atomic mass is 10.2. The van der Waals surface area contributed by atoms with E-state index in [0.29, 0.717) is 35.9 Å². The van der Waals surface area contributed by atoms with E-state index in [9.17, 15) is 4.79 Å². The quantitative estimate of drug-likeness (QED) is 0.761. The summed E-state index contributed by atoms with van der Waals surface area (Å²) in [5.41, 5.74) is 1.24. The molecule has 1 amide bonds. The molecule has 8 nitrogen and oxygen atoms in total. The number of carbonyl (C=O) groups excluding carboxylic acids is 1. The Kier molecular flexibility index (Phi) is 4.69. The number of carbonyl (C=O) groups is 1. The molecule has 3 aromatic heterocycles. The fraction of sp³-hybridized carbons (Fsp3) is 0.263. The highest BCUT2D eigenvalue weighted by molar-refractivity contribution is 5.95. The minimum absolute atomic E-state index is 0.0249. The van der Waals surface area contributed by atoms with Crippen LogP contribution in [0.5, 0.6) is 0 Å². The van der Waals surface area contributed by atoms with Crippen molar-refractivity contribution in [2.75, 3.05) is 36.4 Å². The Labute approximate surface area is 156 Å². The Bertz CT molecular complexity index is 919. The lowest BCUT2D eigenvalue weighted by Gasteiger charge is -2.35. The molecule has 0 unspecified atom stereocenters. The van der Waals surface area contributed by atoms with Crippen molar-refractivity contribution >= 4 is 23.2 Å². The molecule has 1 N–H and O–H groups in total. The number of hydrogen-bond acceptors (Lipinski definition) is 7. The van der Waals surface area contributed by atoms with E-state index in [1.807, 2.05) is 30.0 Å². The Morgan fingerprint density at radius 3 is 2.70 bits per heavy atom. The van der Waals surface area contributed by atoms with E-state index >= 15 is 0 Å². The number of rotatable bonds is 4. The maximum atomic E-state index is 12.8. The monoisotopic (exact) mass is 364 g/mol. The summed E-state index contributed by atoms with van der Waals surface area (Å²) < 4.78 is 5.04. The summed E-state index contributed by atoms with van der Waals surface area (Å²) in [5.74, 6) is 2.22. The van der Waals surface area contributed by atoms with Gasteiger partial charge in [-0.3, -0.25) is 9.78 Å². The average Bonchev–Trinajstić information content (AvgIpc) is 3.13. The van der Waals surface area contributed by atoms with Gasteiger partial charge < -0.3 is 19.6 Å². The van der Waals surface area contributed by atoms with Crippen LogP contribution in [0.25, 0.3) is 0 Å². The number of nitrogens with one attached hydrogen (secondary N) is 1. The number of anilines is 3. The summed E-state index contributed by atoms with van der Waals surface area (Å²) in [6.45, 7) is 4.63. The molecule has 0 bridgehead atoms. The van der Waals surface area contributed by atoms with Gasteiger partial charge in [-0.25, -0.2) is 4.98 Å². The minimum Gasteiger partial charge on any atom is -0.360 e. The van der Waals surface area contributed by atoms with Crippen LogP contribution < -0.4 is 10.2 Å². The van der Waals surface area contributed by atoms with Crippen molar-refractivity contribution in [3.8, 4) is 0 Å². The van der Waals surface area contributed by atoms with E-state index in [1.165, 1.54) is 0 Å². The molecule has 1 aliphatic heterocycles. The first kappa shape index (κ1) is 17.0. The van der Waals surface area contributed by atoms with E-state index in [2.05, 4.69) is 25.3 Å². The molecule has 1 aliphatic rings. The number of hydrogen-bond donors (Lipinski definition) is 1. The normalized spacial score (nSPS) is 14.3. The second-order valence-corrected chi connectivity index (χ2v) is 6.38. The Morgan fingerprint density at radius 2 is 2.00 bits per heavy atom. The second-order valence-electron chi connectivity index (χ2n) is 6.38. The Hall–Kier alpha value is -3.42. The van der Waals surface area contributed by atoms with E-state index in [-0.39, 0.29) is 5.91 Å². The van der Waals surface area contributed by atoms with Crippen LogP contribution in [-0.4, -0.2) is 52.1 Å². The Balaban J connectivity index is 1.40. The summed E-state index contributed by atoms with van der Waals surface area (Å²) in [5, 5.41) is 6.99. The topological polar surface area (TPSA) is 87.4 Å². The van der Waals surface area contributed by atoms with Crippen LogP contribution in [0.1, 0.15) is 16.1 Å². The molecule has 1 fully saturated rings. The van der Waals surface area contributed by atoms with Crippen molar-refractivity contribution < 1.29 is 9.32 Å². The van der Waals surface area contributed by atoms with Crippen LogP contribution in [0.4, 0.5) is 17.3 Å². The molecule has 0 atom stereocenters. The van der Waals surface area contributed by atoms with Crippen LogP contribution in [0, 0.1) is 6.92 Å². The van der Waals surface area contributed by atoms with E-state index < -0.39 is 0 Å². The standard InChI is InChI=1S/C19H20N6O2/c1-14-10-17(23-27-14)22-16-11-15(12-20-13-16)19(26)25-8-6-24(7-9-25)18-4-2-3-5-21-18/h2-5,10-13H,6-9H2,1H3,(H,22,23). The zero-order valence-corrected chi connectivity index (χ0v) is 15.0. The van der Waals surface area contributed by atoms with Crippen LogP contribution in [0.3, 0.4) is 0 Å². The molecule has 4 rings (SSSR count). The number of aryl methyl sites for hydroxylation is 1. The molecule has 27 heavy (non-hydrogen) atoms. The van der Waals surface area contributed by atoms with Crippen molar-refractivity contribution in [1.29, 1.82) is 0 Å².